The van der Waals surface area contributed by atoms with Gasteiger partial charge in [-0.15, -0.1) is 0 Å². The number of benzene rings is 2. The molecule has 0 heterocycles. The number of carbonyl (C=O) groups excluding carboxylic acids is 1. The van der Waals surface area contributed by atoms with Crippen LogP contribution in [0.1, 0.15) is 22.0 Å². The maximum absolute atomic E-state index is 13.5. The van der Waals surface area contributed by atoms with E-state index in [-0.39, 0.29) is 5.56 Å². The average molecular weight is 273 g/mol. The van der Waals surface area contributed by atoms with E-state index in [2.05, 4.69) is 5.32 Å². The van der Waals surface area contributed by atoms with E-state index < -0.39 is 23.7 Å². The fourth-order valence-corrected chi connectivity index (χ4v) is 1.79. The smallest absolute Gasteiger partial charge is 0.330 e. The zero-order valence-electron chi connectivity index (χ0n) is 10.4. The molecule has 2 aromatic rings. The van der Waals surface area contributed by atoms with Crippen molar-refractivity contribution >= 4 is 11.9 Å². The molecule has 0 aromatic heterocycles. The van der Waals surface area contributed by atoms with Crippen molar-refractivity contribution in [2.24, 2.45) is 0 Å². The van der Waals surface area contributed by atoms with Crippen LogP contribution in [0.4, 0.5) is 4.39 Å². The van der Waals surface area contributed by atoms with Gasteiger partial charge in [-0.2, -0.15) is 0 Å². The minimum absolute atomic E-state index is 0.185. The summed E-state index contributed by atoms with van der Waals surface area (Å²) in [5.41, 5.74) is 0.236. The minimum Gasteiger partial charge on any atom is -0.479 e. The number of hydrogen-bond donors (Lipinski definition) is 2. The molecule has 0 spiro atoms. The molecule has 0 saturated carbocycles. The molecule has 0 bridgehead atoms. The second-order valence-electron chi connectivity index (χ2n) is 4.14. The lowest BCUT2D eigenvalue weighted by Gasteiger charge is -2.15. The van der Waals surface area contributed by atoms with E-state index >= 15 is 0 Å². The topological polar surface area (TPSA) is 66.4 Å². The summed E-state index contributed by atoms with van der Waals surface area (Å²) in [6.45, 7) is 0. The molecule has 102 valence electrons. The Morgan fingerprint density at radius 2 is 1.60 bits per heavy atom. The lowest BCUT2D eigenvalue weighted by Crippen LogP contribution is -2.34. The lowest BCUT2D eigenvalue weighted by atomic mass is 10.1. The molecule has 2 rings (SSSR count). The Balaban J connectivity index is 2.24. The van der Waals surface area contributed by atoms with Gasteiger partial charge in [0.25, 0.3) is 5.91 Å². The summed E-state index contributed by atoms with van der Waals surface area (Å²) < 4.78 is 13.5. The van der Waals surface area contributed by atoms with Crippen molar-refractivity contribution in [3.05, 3.63) is 71.5 Å². The number of nitrogens with one attached hydrogen (secondary N) is 1. The Morgan fingerprint density at radius 1 is 1.00 bits per heavy atom. The van der Waals surface area contributed by atoms with E-state index in [1.54, 1.807) is 30.3 Å². The van der Waals surface area contributed by atoms with E-state index in [1.165, 1.54) is 18.2 Å². The number of halogens is 1. The van der Waals surface area contributed by atoms with Crippen LogP contribution in [0.3, 0.4) is 0 Å². The molecule has 1 unspecified atom stereocenters. The van der Waals surface area contributed by atoms with Gasteiger partial charge in [-0.3, -0.25) is 4.79 Å². The molecular weight excluding hydrogens is 261 g/mol. The highest BCUT2D eigenvalue weighted by atomic mass is 19.1. The van der Waals surface area contributed by atoms with Crippen molar-refractivity contribution in [1.82, 2.24) is 5.32 Å². The highest BCUT2D eigenvalue weighted by Gasteiger charge is 2.23. The third-order valence-electron chi connectivity index (χ3n) is 2.77. The van der Waals surface area contributed by atoms with E-state index in [4.69, 9.17) is 0 Å². The molecular formula is C15H12FNO3. The van der Waals surface area contributed by atoms with Gasteiger partial charge >= 0.3 is 5.97 Å². The second-order valence-corrected chi connectivity index (χ2v) is 4.14. The van der Waals surface area contributed by atoms with Gasteiger partial charge in [-0.1, -0.05) is 42.5 Å². The normalized spacial score (nSPS) is 11.7. The first-order valence-electron chi connectivity index (χ1n) is 5.92. The van der Waals surface area contributed by atoms with Crippen molar-refractivity contribution in [2.45, 2.75) is 6.04 Å². The predicted molar refractivity (Wildman–Crippen MR) is 70.7 cm³/mol. The van der Waals surface area contributed by atoms with Gasteiger partial charge in [0.15, 0.2) is 6.04 Å². The number of carboxylic acid groups (broad SMARTS) is 1. The predicted octanol–water partition coefficient (Wildman–Crippen LogP) is 2.38. The third-order valence-corrected chi connectivity index (χ3v) is 2.77. The quantitative estimate of drug-likeness (QED) is 0.898. The number of carbonyl (C=O) groups is 2. The van der Waals surface area contributed by atoms with Gasteiger partial charge in [-0.05, 0) is 17.7 Å². The number of hydrogen-bond acceptors (Lipinski definition) is 2. The molecule has 2 N–H and O–H groups in total. The first-order valence-corrected chi connectivity index (χ1v) is 5.92. The second kappa shape index (κ2) is 5.97. The van der Waals surface area contributed by atoms with E-state index in [0.29, 0.717) is 5.56 Å². The minimum atomic E-state index is -1.22. The van der Waals surface area contributed by atoms with Crippen LogP contribution in [0.2, 0.25) is 0 Å². The third kappa shape index (κ3) is 3.00. The number of aliphatic carboxylic acids is 1. The Bertz CT molecular complexity index is 628. The summed E-state index contributed by atoms with van der Waals surface area (Å²) in [4.78, 5) is 23.2. The largest absolute Gasteiger partial charge is 0.479 e. The fraction of sp³-hybridized carbons (Fsp3) is 0.0667. The summed E-state index contributed by atoms with van der Waals surface area (Å²) in [5.74, 6) is -2.66. The fourth-order valence-electron chi connectivity index (χ4n) is 1.79. The van der Waals surface area contributed by atoms with Crippen LogP contribution in [0, 0.1) is 5.82 Å². The first-order chi connectivity index (χ1) is 9.59. The van der Waals surface area contributed by atoms with Gasteiger partial charge in [0, 0.05) is 0 Å². The van der Waals surface area contributed by atoms with Crippen LogP contribution in [0.25, 0.3) is 0 Å². The van der Waals surface area contributed by atoms with Crippen LogP contribution in [0.5, 0.6) is 0 Å². The van der Waals surface area contributed by atoms with Crippen LogP contribution >= 0.6 is 0 Å². The Labute approximate surface area is 114 Å². The molecule has 4 nitrogen and oxygen atoms in total. The molecule has 0 aliphatic rings. The van der Waals surface area contributed by atoms with Gasteiger partial charge < -0.3 is 10.4 Å². The summed E-state index contributed by atoms with van der Waals surface area (Å²) in [7, 11) is 0. The Morgan fingerprint density at radius 3 is 2.20 bits per heavy atom. The van der Waals surface area contributed by atoms with Crippen molar-refractivity contribution < 1.29 is 19.1 Å². The molecule has 0 radical (unpaired) electrons. The summed E-state index contributed by atoms with van der Waals surface area (Å²) in [6.07, 6.45) is 0. The molecule has 0 aliphatic carbocycles. The zero-order chi connectivity index (χ0) is 14.5. The molecule has 20 heavy (non-hydrogen) atoms. The molecule has 5 heteroatoms. The Hall–Kier alpha value is -2.69. The van der Waals surface area contributed by atoms with Crippen LogP contribution in [-0.4, -0.2) is 17.0 Å². The number of amides is 1. The molecule has 0 aliphatic heterocycles. The molecule has 0 saturated heterocycles. The molecule has 1 atom stereocenters. The standard InChI is InChI=1S/C15H12FNO3/c16-12-9-5-4-8-11(12)14(18)17-13(15(19)20)10-6-2-1-3-7-10/h1-9,13H,(H,17,18)(H,19,20). The van der Waals surface area contributed by atoms with Crippen molar-refractivity contribution in [3.8, 4) is 0 Å². The average Bonchev–Trinajstić information content (AvgIpc) is 2.45. The van der Waals surface area contributed by atoms with E-state index in [0.717, 1.165) is 6.07 Å². The van der Waals surface area contributed by atoms with Crippen LogP contribution < -0.4 is 5.32 Å². The Kier molecular flexibility index (Phi) is 4.10. The number of carboxylic acids is 1. The van der Waals surface area contributed by atoms with Crippen LogP contribution in [0.15, 0.2) is 54.6 Å². The highest BCUT2D eigenvalue weighted by Crippen LogP contribution is 2.14. The van der Waals surface area contributed by atoms with Gasteiger partial charge in [-0.25, -0.2) is 9.18 Å². The number of rotatable bonds is 4. The van der Waals surface area contributed by atoms with Crippen molar-refractivity contribution in [1.29, 1.82) is 0 Å². The molecule has 2 aromatic carbocycles. The monoisotopic (exact) mass is 273 g/mol. The van der Waals surface area contributed by atoms with Crippen LogP contribution in [-0.2, 0) is 4.79 Å². The summed E-state index contributed by atoms with van der Waals surface area (Å²) in [6, 6.07) is 12.4. The van der Waals surface area contributed by atoms with E-state index in [9.17, 15) is 19.1 Å². The van der Waals surface area contributed by atoms with Gasteiger partial charge in [0.2, 0.25) is 0 Å². The first kappa shape index (κ1) is 13.7. The van der Waals surface area contributed by atoms with Gasteiger partial charge in [0.1, 0.15) is 5.82 Å². The molecule has 1 amide bonds. The zero-order valence-corrected chi connectivity index (χ0v) is 10.4. The highest BCUT2D eigenvalue weighted by molar-refractivity contribution is 5.97. The summed E-state index contributed by atoms with van der Waals surface area (Å²) >= 11 is 0. The van der Waals surface area contributed by atoms with Crippen molar-refractivity contribution in [2.75, 3.05) is 0 Å². The lowest BCUT2D eigenvalue weighted by molar-refractivity contribution is -0.139. The van der Waals surface area contributed by atoms with Gasteiger partial charge in [0.05, 0.1) is 5.56 Å². The van der Waals surface area contributed by atoms with E-state index in [1.807, 2.05) is 0 Å². The maximum Gasteiger partial charge on any atom is 0.330 e. The SMILES string of the molecule is O=C(NC(C(=O)O)c1ccccc1)c1ccccc1F. The molecule has 0 fully saturated rings. The van der Waals surface area contributed by atoms with Crippen molar-refractivity contribution in [3.63, 3.8) is 0 Å². The summed E-state index contributed by atoms with van der Waals surface area (Å²) in [5, 5.41) is 11.5. The maximum atomic E-state index is 13.5.